The standard InChI is InChI=1S/C46H89NO8/c1-3-5-7-9-11-13-15-17-18-19-20-21-22-24-26-28-30-32-34-36-42(50)47-39(38-54-46-45(53)44(52)43(51)41(37-48)55-46)40(49)35-33-31-29-27-25-23-16-14-12-10-8-6-4-2/h33,35,39-41,43-46,48-49,51-53H,3-32,34,36-38H2,1-2H3,(H,47,50)/b35-33+/t39-,40+,41+,43-,44-,45+,46+/m0/s1. The Bertz CT molecular complexity index is 873. The second-order valence-electron chi connectivity index (χ2n) is 16.6. The third-order valence-corrected chi connectivity index (χ3v) is 11.4. The van der Waals surface area contributed by atoms with Gasteiger partial charge in [-0.15, -0.1) is 0 Å². The first-order valence-electron chi connectivity index (χ1n) is 23.4. The van der Waals surface area contributed by atoms with E-state index in [0.29, 0.717) is 6.42 Å². The highest BCUT2D eigenvalue weighted by Gasteiger charge is 2.44. The van der Waals surface area contributed by atoms with E-state index in [4.69, 9.17) is 9.47 Å². The van der Waals surface area contributed by atoms with Crippen molar-refractivity contribution in [1.29, 1.82) is 0 Å². The first kappa shape index (κ1) is 51.9. The molecule has 0 aromatic heterocycles. The lowest BCUT2D eigenvalue weighted by Crippen LogP contribution is -2.60. The van der Waals surface area contributed by atoms with Gasteiger partial charge in [-0.25, -0.2) is 0 Å². The molecule has 1 aliphatic heterocycles. The Morgan fingerprint density at radius 2 is 1.00 bits per heavy atom. The summed E-state index contributed by atoms with van der Waals surface area (Å²) in [6.45, 7) is 3.78. The minimum atomic E-state index is -1.56. The number of nitrogens with one attached hydrogen (secondary N) is 1. The number of ether oxygens (including phenoxy) is 2. The van der Waals surface area contributed by atoms with Crippen LogP contribution in [-0.2, 0) is 14.3 Å². The third-order valence-electron chi connectivity index (χ3n) is 11.4. The molecule has 0 saturated carbocycles. The lowest BCUT2D eigenvalue weighted by Gasteiger charge is -2.40. The lowest BCUT2D eigenvalue weighted by atomic mass is 9.99. The molecule has 326 valence electrons. The van der Waals surface area contributed by atoms with E-state index in [0.717, 1.165) is 38.5 Å². The van der Waals surface area contributed by atoms with E-state index in [9.17, 15) is 30.3 Å². The van der Waals surface area contributed by atoms with Crippen molar-refractivity contribution in [1.82, 2.24) is 5.32 Å². The number of carbonyl (C=O) groups excluding carboxylic acids is 1. The topological polar surface area (TPSA) is 149 Å². The number of unbranched alkanes of at least 4 members (excludes halogenated alkanes) is 29. The highest BCUT2D eigenvalue weighted by molar-refractivity contribution is 5.76. The molecular formula is C46H89NO8. The molecule has 0 radical (unpaired) electrons. The Balaban J connectivity index is 2.31. The van der Waals surface area contributed by atoms with Crippen molar-refractivity contribution in [2.45, 2.75) is 262 Å². The first-order chi connectivity index (χ1) is 26.8. The van der Waals surface area contributed by atoms with E-state index in [1.807, 2.05) is 6.08 Å². The van der Waals surface area contributed by atoms with Crippen LogP contribution in [0.5, 0.6) is 0 Å². The molecule has 0 spiro atoms. The smallest absolute Gasteiger partial charge is 0.220 e. The maximum Gasteiger partial charge on any atom is 0.220 e. The molecule has 0 unspecified atom stereocenters. The third kappa shape index (κ3) is 28.1. The minimum Gasteiger partial charge on any atom is -0.394 e. The van der Waals surface area contributed by atoms with Gasteiger partial charge in [-0.05, 0) is 19.3 Å². The van der Waals surface area contributed by atoms with Crippen molar-refractivity contribution in [2.24, 2.45) is 0 Å². The second kappa shape index (κ2) is 37.2. The molecule has 1 aliphatic rings. The summed E-state index contributed by atoms with van der Waals surface area (Å²) < 4.78 is 11.2. The predicted molar refractivity (Wildman–Crippen MR) is 226 cm³/mol. The maximum absolute atomic E-state index is 12.9. The normalized spacial score (nSPS) is 21.3. The van der Waals surface area contributed by atoms with Gasteiger partial charge in [0.2, 0.25) is 5.91 Å². The van der Waals surface area contributed by atoms with Crippen molar-refractivity contribution in [3.63, 3.8) is 0 Å². The average Bonchev–Trinajstić information content (AvgIpc) is 3.18. The molecule has 55 heavy (non-hydrogen) atoms. The molecule has 7 atom stereocenters. The SMILES string of the molecule is CCCCCCCCCCCCC/C=C/[C@@H](O)[C@H](CO[C@@H]1O[C@H](CO)[C@H](O)[C@H](O)[C@H]1O)NC(=O)CCCCCCCCCCCCCCCCCCCCC. The van der Waals surface area contributed by atoms with Crippen LogP contribution in [0.15, 0.2) is 12.2 Å². The fourth-order valence-electron chi connectivity index (χ4n) is 7.57. The molecule has 9 heteroatoms. The molecule has 0 aromatic carbocycles. The number of hydrogen-bond acceptors (Lipinski definition) is 8. The summed E-state index contributed by atoms with van der Waals surface area (Å²) in [5.74, 6) is -0.174. The zero-order valence-corrected chi connectivity index (χ0v) is 35.7. The van der Waals surface area contributed by atoms with Crippen molar-refractivity contribution in [2.75, 3.05) is 13.2 Å². The van der Waals surface area contributed by atoms with Gasteiger partial charge in [0.1, 0.15) is 24.4 Å². The van der Waals surface area contributed by atoms with Gasteiger partial charge >= 0.3 is 0 Å². The molecule has 9 nitrogen and oxygen atoms in total. The van der Waals surface area contributed by atoms with Gasteiger partial charge in [-0.1, -0.05) is 206 Å². The average molecular weight is 784 g/mol. The van der Waals surface area contributed by atoms with E-state index in [-0.39, 0.29) is 12.5 Å². The van der Waals surface area contributed by atoms with Crippen molar-refractivity contribution in [3.05, 3.63) is 12.2 Å². The van der Waals surface area contributed by atoms with Crippen LogP contribution in [-0.4, -0.2) is 87.5 Å². The zero-order valence-electron chi connectivity index (χ0n) is 35.7. The summed E-state index contributed by atoms with van der Waals surface area (Å²) >= 11 is 0. The van der Waals surface area contributed by atoms with Gasteiger partial charge in [0.05, 0.1) is 25.4 Å². The number of hydrogen-bond donors (Lipinski definition) is 6. The molecule has 1 heterocycles. The lowest BCUT2D eigenvalue weighted by molar-refractivity contribution is -0.302. The van der Waals surface area contributed by atoms with Gasteiger partial charge in [-0.2, -0.15) is 0 Å². The van der Waals surface area contributed by atoms with Crippen LogP contribution >= 0.6 is 0 Å². The van der Waals surface area contributed by atoms with Crippen LogP contribution in [0, 0.1) is 0 Å². The zero-order chi connectivity index (χ0) is 40.2. The van der Waals surface area contributed by atoms with Crippen molar-refractivity contribution in [3.8, 4) is 0 Å². The van der Waals surface area contributed by atoms with E-state index < -0.39 is 49.5 Å². The Morgan fingerprint density at radius 3 is 1.42 bits per heavy atom. The monoisotopic (exact) mass is 784 g/mol. The van der Waals surface area contributed by atoms with E-state index in [1.54, 1.807) is 6.08 Å². The summed E-state index contributed by atoms with van der Waals surface area (Å²) in [7, 11) is 0. The molecule has 0 bridgehead atoms. The molecule has 1 rings (SSSR count). The highest BCUT2D eigenvalue weighted by Crippen LogP contribution is 2.23. The fraction of sp³-hybridized carbons (Fsp3) is 0.935. The molecule has 6 N–H and O–H groups in total. The predicted octanol–water partition coefficient (Wildman–Crippen LogP) is 9.73. The van der Waals surface area contributed by atoms with Gasteiger partial charge in [-0.3, -0.25) is 4.79 Å². The van der Waals surface area contributed by atoms with Crippen LogP contribution in [0.2, 0.25) is 0 Å². The van der Waals surface area contributed by atoms with Crippen LogP contribution in [0.25, 0.3) is 0 Å². The van der Waals surface area contributed by atoms with Crippen LogP contribution in [0.3, 0.4) is 0 Å². The number of aliphatic hydroxyl groups excluding tert-OH is 5. The Labute approximate surface area is 337 Å². The highest BCUT2D eigenvalue weighted by atomic mass is 16.7. The molecule has 1 fully saturated rings. The van der Waals surface area contributed by atoms with Gasteiger partial charge < -0.3 is 40.3 Å². The molecule has 0 aromatic rings. The van der Waals surface area contributed by atoms with Crippen LogP contribution < -0.4 is 5.32 Å². The molecule has 1 saturated heterocycles. The van der Waals surface area contributed by atoms with E-state index in [1.165, 1.54) is 161 Å². The van der Waals surface area contributed by atoms with Gasteiger partial charge in [0, 0.05) is 6.42 Å². The summed E-state index contributed by atoms with van der Waals surface area (Å²) in [6, 6.07) is -0.797. The van der Waals surface area contributed by atoms with Gasteiger partial charge in [0.25, 0.3) is 0 Å². The minimum absolute atomic E-state index is 0.174. The Morgan fingerprint density at radius 1 is 0.600 bits per heavy atom. The van der Waals surface area contributed by atoms with E-state index in [2.05, 4.69) is 19.2 Å². The Hall–Kier alpha value is -1.07. The summed E-state index contributed by atoms with van der Waals surface area (Å²) in [6.07, 6.45) is 35.4. The molecule has 1 amide bonds. The van der Waals surface area contributed by atoms with Crippen molar-refractivity contribution >= 4 is 5.91 Å². The number of rotatable bonds is 39. The second-order valence-corrected chi connectivity index (χ2v) is 16.6. The number of carbonyl (C=O) groups is 1. The summed E-state index contributed by atoms with van der Waals surface area (Å²) in [4.78, 5) is 12.9. The van der Waals surface area contributed by atoms with Crippen LogP contribution in [0.1, 0.15) is 219 Å². The summed E-state index contributed by atoms with van der Waals surface area (Å²) in [5, 5.41) is 54.2. The number of amides is 1. The summed E-state index contributed by atoms with van der Waals surface area (Å²) in [5.41, 5.74) is 0. The molecule has 0 aliphatic carbocycles. The fourth-order valence-corrected chi connectivity index (χ4v) is 7.57. The Kier molecular flexibility index (Phi) is 35.2. The van der Waals surface area contributed by atoms with E-state index >= 15 is 0 Å². The number of aliphatic hydroxyl groups is 5. The van der Waals surface area contributed by atoms with Gasteiger partial charge in [0.15, 0.2) is 6.29 Å². The maximum atomic E-state index is 12.9. The number of allylic oxidation sites excluding steroid dienone is 1. The quantitative estimate of drug-likeness (QED) is 0.0267. The van der Waals surface area contributed by atoms with Crippen LogP contribution in [0.4, 0.5) is 0 Å². The molecular weight excluding hydrogens is 695 g/mol. The largest absolute Gasteiger partial charge is 0.394 e. The first-order valence-corrected chi connectivity index (χ1v) is 23.4. The van der Waals surface area contributed by atoms with Crippen molar-refractivity contribution < 1.29 is 39.8 Å².